The highest BCUT2D eigenvalue weighted by molar-refractivity contribution is 5.66. The summed E-state index contributed by atoms with van der Waals surface area (Å²) in [5.74, 6) is -0.205. The van der Waals surface area contributed by atoms with Crippen molar-refractivity contribution in [3.63, 3.8) is 0 Å². The molecule has 0 amide bonds. The SMILES string of the molecule is CNC(C)c1ccc(F)c(-c2cn(C(C)C)nc2C)c1. The van der Waals surface area contributed by atoms with Crippen LogP contribution in [0.4, 0.5) is 4.39 Å². The molecule has 0 saturated carbocycles. The molecule has 1 aromatic heterocycles. The molecule has 0 spiro atoms. The zero-order valence-corrected chi connectivity index (χ0v) is 12.7. The smallest absolute Gasteiger partial charge is 0.131 e. The third-order valence-corrected chi connectivity index (χ3v) is 3.66. The molecule has 0 radical (unpaired) electrons. The van der Waals surface area contributed by atoms with Gasteiger partial charge in [0.25, 0.3) is 0 Å². The highest BCUT2D eigenvalue weighted by Gasteiger charge is 2.15. The van der Waals surface area contributed by atoms with Gasteiger partial charge in [0, 0.05) is 29.4 Å². The lowest BCUT2D eigenvalue weighted by Crippen LogP contribution is -2.12. The van der Waals surface area contributed by atoms with E-state index in [4.69, 9.17) is 0 Å². The Labute approximate surface area is 119 Å². The second kappa shape index (κ2) is 5.75. The van der Waals surface area contributed by atoms with E-state index in [-0.39, 0.29) is 17.9 Å². The molecule has 1 unspecified atom stereocenters. The number of halogens is 1. The molecule has 1 aromatic carbocycles. The van der Waals surface area contributed by atoms with E-state index in [1.54, 1.807) is 0 Å². The number of nitrogens with one attached hydrogen (secondary N) is 1. The van der Waals surface area contributed by atoms with Crippen molar-refractivity contribution in [2.24, 2.45) is 0 Å². The standard InChI is InChI=1S/C16H22FN3/c1-10(2)20-9-15(12(4)19-20)14-8-13(11(3)18-5)6-7-16(14)17/h6-11,18H,1-5H3. The Hall–Kier alpha value is -1.68. The van der Waals surface area contributed by atoms with E-state index in [9.17, 15) is 4.39 Å². The first kappa shape index (κ1) is 14.7. The van der Waals surface area contributed by atoms with Crippen molar-refractivity contribution in [1.29, 1.82) is 0 Å². The molecule has 0 saturated heterocycles. The first-order valence-corrected chi connectivity index (χ1v) is 6.97. The third-order valence-electron chi connectivity index (χ3n) is 3.66. The molecular weight excluding hydrogens is 253 g/mol. The Morgan fingerprint density at radius 2 is 1.90 bits per heavy atom. The molecule has 0 fully saturated rings. The molecule has 3 nitrogen and oxygen atoms in total. The van der Waals surface area contributed by atoms with E-state index >= 15 is 0 Å². The second-order valence-corrected chi connectivity index (χ2v) is 5.45. The van der Waals surface area contributed by atoms with Gasteiger partial charge in [-0.25, -0.2) is 4.39 Å². The summed E-state index contributed by atoms with van der Waals surface area (Å²) in [6, 6.07) is 5.72. The summed E-state index contributed by atoms with van der Waals surface area (Å²) in [4.78, 5) is 0. The Morgan fingerprint density at radius 3 is 2.45 bits per heavy atom. The topological polar surface area (TPSA) is 29.9 Å². The van der Waals surface area contributed by atoms with Crippen LogP contribution in [0.2, 0.25) is 0 Å². The summed E-state index contributed by atoms with van der Waals surface area (Å²) in [5.41, 5.74) is 3.41. The molecule has 2 aromatic rings. The Balaban J connectivity index is 2.51. The van der Waals surface area contributed by atoms with Crippen molar-refractivity contribution >= 4 is 0 Å². The van der Waals surface area contributed by atoms with Crippen molar-refractivity contribution < 1.29 is 4.39 Å². The van der Waals surface area contributed by atoms with Gasteiger partial charge < -0.3 is 5.32 Å². The van der Waals surface area contributed by atoms with E-state index in [1.165, 1.54) is 6.07 Å². The molecule has 20 heavy (non-hydrogen) atoms. The van der Waals surface area contributed by atoms with Crippen molar-refractivity contribution in [2.75, 3.05) is 7.05 Å². The number of rotatable bonds is 4. The van der Waals surface area contributed by atoms with Gasteiger partial charge in [0.2, 0.25) is 0 Å². The molecular formula is C16H22FN3. The predicted molar refractivity (Wildman–Crippen MR) is 80.2 cm³/mol. The highest BCUT2D eigenvalue weighted by atomic mass is 19.1. The van der Waals surface area contributed by atoms with Gasteiger partial charge in [0.05, 0.1) is 5.69 Å². The van der Waals surface area contributed by atoms with Gasteiger partial charge in [-0.3, -0.25) is 4.68 Å². The van der Waals surface area contributed by atoms with E-state index in [1.807, 2.05) is 37.0 Å². The molecule has 1 N–H and O–H groups in total. The van der Waals surface area contributed by atoms with Crippen LogP contribution < -0.4 is 5.32 Å². The van der Waals surface area contributed by atoms with Crippen LogP contribution in [-0.4, -0.2) is 16.8 Å². The minimum atomic E-state index is -0.205. The molecule has 0 aliphatic heterocycles. The normalized spacial score (nSPS) is 12.9. The van der Waals surface area contributed by atoms with Crippen LogP contribution in [0.3, 0.4) is 0 Å². The van der Waals surface area contributed by atoms with Gasteiger partial charge in [-0.15, -0.1) is 0 Å². The number of hydrogen-bond donors (Lipinski definition) is 1. The zero-order valence-electron chi connectivity index (χ0n) is 12.7. The molecule has 0 aliphatic rings. The Morgan fingerprint density at radius 1 is 1.20 bits per heavy atom. The van der Waals surface area contributed by atoms with Gasteiger partial charge >= 0.3 is 0 Å². The largest absolute Gasteiger partial charge is 0.313 e. The van der Waals surface area contributed by atoms with Crippen molar-refractivity contribution in [1.82, 2.24) is 15.1 Å². The summed E-state index contributed by atoms with van der Waals surface area (Å²) in [5, 5.41) is 7.63. The summed E-state index contributed by atoms with van der Waals surface area (Å²) in [6.07, 6.45) is 1.92. The number of aryl methyl sites for hydroxylation is 1. The molecule has 1 heterocycles. The number of benzene rings is 1. The highest BCUT2D eigenvalue weighted by Crippen LogP contribution is 2.29. The van der Waals surface area contributed by atoms with Crippen LogP contribution >= 0.6 is 0 Å². The number of nitrogens with zero attached hydrogens (tertiary/aromatic N) is 2. The fraction of sp³-hybridized carbons (Fsp3) is 0.438. The van der Waals surface area contributed by atoms with Crippen molar-refractivity contribution in [3.8, 4) is 11.1 Å². The lowest BCUT2D eigenvalue weighted by molar-refractivity contribution is 0.529. The van der Waals surface area contributed by atoms with Gasteiger partial charge in [0.15, 0.2) is 0 Å². The van der Waals surface area contributed by atoms with Crippen LogP contribution in [0, 0.1) is 12.7 Å². The van der Waals surface area contributed by atoms with Crippen LogP contribution in [-0.2, 0) is 0 Å². The lowest BCUT2D eigenvalue weighted by atomic mass is 10.00. The molecule has 108 valence electrons. The van der Waals surface area contributed by atoms with Gasteiger partial charge in [-0.05, 0) is 52.4 Å². The fourth-order valence-corrected chi connectivity index (χ4v) is 2.20. The van der Waals surface area contributed by atoms with E-state index in [0.29, 0.717) is 5.56 Å². The first-order valence-electron chi connectivity index (χ1n) is 6.97. The first-order chi connectivity index (χ1) is 9.43. The molecule has 2 rings (SSSR count). The average molecular weight is 275 g/mol. The van der Waals surface area contributed by atoms with Gasteiger partial charge in [-0.1, -0.05) is 6.07 Å². The Kier molecular flexibility index (Phi) is 4.23. The summed E-state index contributed by atoms with van der Waals surface area (Å²) >= 11 is 0. The van der Waals surface area contributed by atoms with Crippen LogP contribution in [0.1, 0.15) is 44.1 Å². The molecule has 1 atom stereocenters. The maximum Gasteiger partial charge on any atom is 0.131 e. The van der Waals surface area contributed by atoms with Gasteiger partial charge in [0.1, 0.15) is 5.82 Å². The maximum atomic E-state index is 14.2. The van der Waals surface area contributed by atoms with Crippen LogP contribution in [0.25, 0.3) is 11.1 Å². The minimum absolute atomic E-state index is 0.190. The average Bonchev–Trinajstić information content (AvgIpc) is 2.80. The van der Waals surface area contributed by atoms with Crippen LogP contribution in [0.15, 0.2) is 24.4 Å². The summed E-state index contributed by atoms with van der Waals surface area (Å²) in [6.45, 7) is 8.10. The molecule has 0 aliphatic carbocycles. The van der Waals surface area contributed by atoms with Crippen molar-refractivity contribution in [3.05, 3.63) is 41.5 Å². The predicted octanol–water partition coefficient (Wildman–Crippen LogP) is 3.86. The monoisotopic (exact) mass is 275 g/mol. The number of hydrogen-bond acceptors (Lipinski definition) is 2. The second-order valence-electron chi connectivity index (χ2n) is 5.45. The molecule has 4 heteroatoms. The fourth-order valence-electron chi connectivity index (χ4n) is 2.20. The van der Waals surface area contributed by atoms with Crippen LogP contribution in [0.5, 0.6) is 0 Å². The van der Waals surface area contributed by atoms with E-state index < -0.39 is 0 Å². The maximum absolute atomic E-state index is 14.2. The van der Waals surface area contributed by atoms with Gasteiger partial charge in [-0.2, -0.15) is 5.10 Å². The quantitative estimate of drug-likeness (QED) is 0.918. The van der Waals surface area contributed by atoms with Crippen molar-refractivity contribution in [2.45, 2.75) is 39.8 Å². The lowest BCUT2D eigenvalue weighted by Gasteiger charge is -2.12. The Bertz CT molecular complexity index is 602. The number of aromatic nitrogens is 2. The molecule has 0 bridgehead atoms. The minimum Gasteiger partial charge on any atom is -0.313 e. The summed E-state index contributed by atoms with van der Waals surface area (Å²) in [7, 11) is 1.90. The third kappa shape index (κ3) is 2.75. The summed E-state index contributed by atoms with van der Waals surface area (Å²) < 4.78 is 16.0. The van der Waals surface area contributed by atoms with E-state index in [0.717, 1.165) is 16.8 Å². The zero-order chi connectivity index (χ0) is 14.9. The van der Waals surface area contributed by atoms with E-state index in [2.05, 4.69) is 31.2 Å².